The van der Waals surface area contributed by atoms with Crippen LogP contribution in [-0.2, 0) is 45.8 Å². The number of aromatic hydroxyl groups is 1. The average Bonchev–Trinajstić information content (AvgIpc) is 3.59. The van der Waals surface area contributed by atoms with Gasteiger partial charge in [0, 0.05) is 23.9 Å². The minimum Gasteiger partial charge on any atom is -0.503 e. The lowest BCUT2D eigenvalue weighted by Gasteiger charge is -2.43. The fourth-order valence-corrected chi connectivity index (χ4v) is 6.65. The van der Waals surface area contributed by atoms with Crippen molar-refractivity contribution in [2.24, 2.45) is 5.16 Å². The molecule has 1 fully saturated rings. The lowest BCUT2D eigenvalue weighted by molar-refractivity contribution is -0.161. The minimum absolute atomic E-state index is 0.00244. The van der Waals surface area contributed by atoms with Crippen molar-refractivity contribution >= 4 is 66.0 Å². The maximum atomic E-state index is 13.3. The number of imide groups is 1. The van der Waals surface area contributed by atoms with Gasteiger partial charge in [-0.3, -0.25) is 23.9 Å². The normalized spacial score (nSPS) is 17.3. The number of carboxylic acids is 1. The van der Waals surface area contributed by atoms with Crippen LogP contribution in [0, 0.1) is 0 Å². The molecule has 1 saturated heterocycles. The number of rotatable bonds is 13. The van der Waals surface area contributed by atoms with Gasteiger partial charge < -0.3 is 36.2 Å². The molecule has 0 unspecified atom stereocenters. The number of oxime groups is 1. The third-order valence-corrected chi connectivity index (χ3v) is 9.85. The van der Waals surface area contributed by atoms with E-state index in [4.69, 9.17) is 10.6 Å². The molecule has 52 heavy (non-hydrogen) atoms. The predicted octanol–water partition coefficient (Wildman–Crippen LogP) is -3.65. The monoisotopic (exact) mass is 790 g/mol. The van der Waals surface area contributed by atoms with Crippen LogP contribution in [0.1, 0.15) is 26.5 Å². The van der Waals surface area contributed by atoms with Crippen LogP contribution in [0.25, 0.3) is 11.5 Å². The number of urea groups is 1. The number of hydrogen-bond acceptors (Lipinski definition) is 18. The number of likely N-dealkylation sites (tertiary alicyclic amines) is 1. The van der Waals surface area contributed by atoms with E-state index >= 15 is 0 Å². The predicted molar refractivity (Wildman–Crippen MR) is 177 cm³/mol. The van der Waals surface area contributed by atoms with Gasteiger partial charge >= 0.3 is 27.9 Å². The van der Waals surface area contributed by atoms with Crippen LogP contribution >= 0.6 is 11.3 Å². The van der Waals surface area contributed by atoms with Crippen LogP contribution in [0.4, 0.5) is 9.93 Å². The van der Waals surface area contributed by atoms with Gasteiger partial charge in [0.25, 0.3) is 11.8 Å². The number of thiazole rings is 1. The number of aromatic nitrogens is 5. The summed E-state index contributed by atoms with van der Waals surface area (Å²) in [5.41, 5.74) is 0.0841. The van der Waals surface area contributed by atoms with Crippen molar-refractivity contribution in [2.45, 2.75) is 51.1 Å². The van der Waals surface area contributed by atoms with Gasteiger partial charge in [0.2, 0.25) is 11.0 Å². The molecule has 24 nitrogen and oxygen atoms in total. The molecule has 3 aromatic heterocycles. The number of anilines is 1. The second-order valence-corrected chi connectivity index (χ2v) is 16.2. The lowest BCUT2D eigenvalue weighted by atomic mass is 9.97. The van der Waals surface area contributed by atoms with Crippen molar-refractivity contribution in [3.8, 4) is 17.3 Å². The molecule has 0 saturated carbocycles. The first-order chi connectivity index (χ1) is 23.9. The van der Waals surface area contributed by atoms with E-state index in [1.165, 1.54) is 17.0 Å². The molecule has 4 rings (SSSR count). The summed E-state index contributed by atoms with van der Waals surface area (Å²) >= 11 is 0.901. The zero-order chi connectivity index (χ0) is 39.1. The van der Waals surface area contributed by atoms with E-state index in [1.54, 1.807) is 0 Å². The Hall–Kier alpha value is -5.67. The second-order valence-electron chi connectivity index (χ2n) is 11.6. The SMILES string of the molecule is C[C@H]1[C@H](NC(=O)/C(=N\OC(C)(C)C(=O)O)c2csc(N)n2)C(=O)N1C(=O)NS(=O)(=O)n1nc(-c2cc(=O)c(O)c[nH]2)n(C[C@@H](O)CS(C)(=O)=O)c1=O. The number of H-pyrrole nitrogens is 1. The van der Waals surface area contributed by atoms with Gasteiger partial charge in [0.15, 0.2) is 22.4 Å². The number of carboxylic acid groups (broad SMARTS) is 1. The number of aliphatic carboxylic acids is 1. The molecular weight excluding hydrogens is 761 g/mol. The number of nitrogens with two attached hydrogens (primary N) is 1. The number of carbonyl (C=O) groups is 4. The van der Waals surface area contributed by atoms with Crippen LogP contribution in [0.3, 0.4) is 0 Å². The van der Waals surface area contributed by atoms with Crippen molar-refractivity contribution in [2.75, 3.05) is 17.7 Å². The Labute approximate surface area is 295 Å². The molecule has 0 spiro atoms. The summed E-state index contributed by atoms with van der Waals surface area (Å²) in [7, 11) is -9.13. The largest absolute Gasteiger partial charge is 0.503 e. The molecule has 0 radical (unpaired) electrons. The van der Waals surface area contributed by atoms with Crippen molar-refractivity contribution in [1.82, 2.24) is 38.7 Å². The zero-order valence-electron chi connectivity index (χ0n) is 27.2. The van der Waals surface area contributed by atoms with Crippen molar-refractivity contribution in [3.05, 3.63) is 44.0 Å². The van der Waals surface area contributed by atoms with Gasteiger partial charge in [-0.15, -0.1) is 16.4 Å². The molecule has 282 valence electrons. The van der Waals surface area contributed by atoms with Gasteiger partial charge in [-0.25, -0.2) is 32.5 Å². The number of aliphatic hydroxyl groups excluding tert-OH is 1. The topological polar surface area (TPSA) is 358 Å². The number of nitrogens with one attached hydrogen (secondary N) is 3. The third-order valence-electron chi connectivity index (χ3n) is 7.06. The number of nitrogen functional groups attached to an aromatic ring is 1. The molecule has 3 atom stereocenters. The van der Waals surface area contributed by atoms with Crippen LogP contribution in [-0.4, -0.2) is 126 Å². The Balaban J connectivity index is 1.57. The van der Waals surface area contributed by atoms with Crippen LogP contribution in [0.2, 0.25) is 0 Å². The number of sulfone groups is 1. The summed E-state index contributed by atoms with van der Waals surface area (Å²) in [6.07, 6.45) is -0.215. The number of hydrogen-bond donors (Lipinski definition) is 7. The minimum atomic E-state index is -5.33. The molecule has 4 amide bonds. The number of aliphatic hydroxyl groups is 1. The molecular formula is C25H30N10O14S3. The first-order valence-electron chi connectivity index (χ1n) is 14.3. The second kappa shape index (κ2) is 14.2. The Morgan fingerprint density at radius 3 is 2.40 bits per heavy atom. The third kappa shape index (κ3) is 8.27. The number of β-lactam (4-membered cyclic amide) rings is 1. The van der Waals surface area contributed by atoms with E-state index in [-0.39, 0.29) is 20.6 Å². The zero-order valence-corrected chi connectivity index (χ0v) is 29.6. The summed E-state index contributed by atoms with van der Waals surface area (Å²) in [4.78, 5) is 87.6. The highest BCUT2D eigenvalue weighted by Gasteiger charge is 2.50. The van der Waals surface area contributed by atoms with Crippen molar-refractivity contribution in [1.29, 1.82) is 0 Å². The van der Waals surface area contributed by atoms with Gasteiger partial charge in [-0.1, -0.05) is 9.24 Å². The Bertz CT molecular complexity index is 2320. The Morgan fingerprint density at radius 2 is 1.87 bits per heavy atom. The van der Waals surface area contributed by atoms with Crippen molar-refractivity contribution in [3.63, 3.8) is 0 Å². The van der Waals surface area contributed by atoms with E-state index in [0.29, 0.717) is 9.47 Å². The summed E-state index contributed by atoms with van der Waals surface area (Å²) in [5.74, 6) is -5.95. The van der Waals surface area contributed by atoms with Gasteiger partial charge in [-0.05, 0) is 20.8 Å². The maximum absolute atomic E-state index is 13.3. The van der Waals surface area contributed by atoms with E-state index < -0.39 is 108 Å². The summed E-state index contributed by atoms with van der Waals surface area (Å²) < 4.78 is 51.6. The Kier molecular flexibility index (Phi) is 10.6. The summed E-state index contributed by atoms with van der Waals surface area (Å²) in [6.45, 7) is 2.65. The quantitative estimate of drug-likeness (QED) is 0.0498. The molecule has 0 aromatic carbocycles. The standard InChI is InChI=1S/C25H30N10O14S3/c1-10-16(29-19(39)17(13-8-50-22(26)28-13)31-49-25(2,3)21(41)42)20(40)34(10)23(43)32-52(47,48)35-24(44)33(7-11(36)9-51(4,45)46)18(30-35)12-5-14(37)15(38)6-27-12/h5-6,8,10-11,16,36,38H,7,9H2,1-4H3,(H2,26,28)(H,27,37)(H,29,39)(H,32,43)(H,41,42)/b31-17-/t10-,11+,16-/m0/s1. The first-order valence-corrected chi connectivity index (χ1v) is 18.7. The molecule has 0 aliphatic carbocycles. The van der Waals surface area contributed by atoms with E-state index in [0.717, 1.165) is 43.7 Å². The number of carbonyl (C=O) groups excluding carboxylic acids is 3. The highest BCUT2D eigenvalue weighted by molar-refractivity contribution is 7.90. The molecule has 27 heteroatoms. The number of pyridine rings is 1. The maximum Gasteiger partial charge on any atom is 0.362 e. The molecule has 4 heterocycles. The van der Waals surface area contributed by atoms with Crippen molar-refractivity contribution < 1.29 is 56.2 Å². The molecule has 1 aliphatic rings. The molecule has 0 bridgehead atoms. The highest BCUT2D eigenvalue weighted by atomic mass is 32.2. The fraction of sp³-hybridized carbons (Fsp3) is 0.400. The number of amides is 4. The van der Waals surface area contributed by atoms with E-state index in [2.05, 4.69) is 25.5 Å². The smallest absolute Gasteiger partial charge is 0.362 e. The summed E-state index contributed by atoms with van der Waals surface area (Å²) in [6, 6.07) is -3.58. The van der Waals surface area contributed by atoms with Crippen LogP contribution < -0.4 is 26.9 Å². The van der Waals surface area contributed by atoms with Gasteiger partial charge in [0.1, 0.15) is 21.6 Å². The molecule has 8 N–H and O–H groups in total. The van der Waals surface area contributed by atoms with Gasteiger partial charge in [0.05, 0.1) is 30.1 Å². The van der Waals surface area contributed by atoms with E-state index in [1.807, 2.05) is 0 Å². The van der Waals surface area contributed by atoms with Gasteiger partial charge in [-0.2, -0.15) is 8.42 Å². The molecule has 3 aromatic rings. The van der Waals surface area contributed by atoms with Crippen LogP contribution in [0.15, 0.2) is 32.4 Å². The number of aromatic amines is 1. The Morgan fingerprint density at radius 1 is 1.21 bits per heavy atom. The fourth-order valence-electron chi connectivity index (χ4n) is 4.41. The summed E-state index contributed by atoms with van der Waals surface area (Å²) in [5, 5.41) is 40.0. The van der Waals surface area contributed by atoms with Crippen LogP contribution in [0.5, 0.6) is 5.75 Å². The molecule has 1 aliphatic heterocycles. The first kappa shape index (κ1) is 39.1. The number of nitrogens with zero attached hydrogens (tertiary/aromatic N) is 6. The average molecular weight is 791 g/mol. The highest BCUT2D eigenvalue weighted by Crippen LogP contribution is 2.22. The lowest BCUT2D eigenvalue weighted by Crippen LogP contribution is -2.73. The van der Waals surface area contributed by atoms with E-state index in [9.17, 15) is 60.9 Å².